The summed E-state index contributed by atoms with van der Waals surface area (Å²) in [6, 6.07) is 12.9. The fourth-order valence-electron chi connectivity index (χ4n) is 4.22. The molecule has 5 nitrogen and oxygen atoms in total. The van der Waals surface area contributed by atoms with Gasteiger partial charge in [0.1, 0.15) is 5.69 Å². The third-order valence-corrected chi connectivity index (χ3v) is 6.10. The van der Waals surface area contributed by atoms with Crippen molar-refractivity contribution in [3.63, 3.8) is 0 Å². The van der Waals surface area contributed by atoms with Gasteiger partial charge in [0.15, 0.2) is 0 Å². The van der Waals surface area contributed by atoms with E-state index in [2.05, 4.69) is 63.8 Å². The van der Waals surface area contributed by atoms with Crippen molar-refractivity contribution in [1.29, 1.82) is 0 Å². The molecule has 1 aromatic carbocycles. The molecule has 0 amide bonds. The minimum atomic E-state index is 0.610. The van der Waals surface area contributed by atoms with E-state index in [0.717, 1.165) is 31.2 Å². The van der Waals surface area contributed by atoms with E-state index >= 15 is 0 Å². The zero-order valence-electron chi connectivity index (χ0n) is 17.2. The second-order valence-electron chi connectivity index (χ2n) is 8.13. The average Bonchev–Trinajstić information content (AvgIpc) is 3.28. The van der Waals surface area contributed by atoms with E-state index in [1.54, 1.807) is 0 Å². The SMILES string of the molecule is Cc1ccccc1CC[C@H]1CCCN(Cc2nnc(-c3ccc(C)n3C)o2)C1. The minimum absolute atomic E-state index is 0.610. The van der Waals surface area contributed by atoms with Gasteiger partial charge in [-0.25, -0.2) is 0 Å². The molecular formula is C23H30N4O. The Kier molecular flexibility index (Phi) is 5.62. The first-order valence-corrected chi connectivity index (χ1v) is 10.3. The number of rotatable bonds is 6. The van der Waals surface area contributed by atoms with Crippen LogP contribution in [0.2, 0.25) is 0 Å². The Bertz CT molecular complexity index is 926. The van der Waals surface area contributed by atoms with Crippen molar-refractivity contribution in [3.8, 4) is 11.6 Å². The van der Waals surface area contributed by atoms with Crippen molar-refractivity contribution in [3.05, 3.63) is 59.1 Å². The zero-order valence-corrected chi connectivity index (χ0v) is 17.2. The van der Waals surface area contributed by atoms with Gasteiger partial charge in [0.2, 0.25) is 5.89 Å². The number of hydrogen-bond donors (Lipinski definition) is 0. The van der Waals surface area contributed by atoms with E-state index in [-0.39, 0.29) is 0 Å². The summed E-state index contributed by atoms with van der Waals surface area (Å²) in [7, 11) is 2.03. The number of nitrogens with zero attached hydrogens (tertiary/aromatic N) is 4. The molecule has 28 heavy (non-hydrogen) atoms. The van der Waals surface area contributed by atoms with Gasteiger partial charge in [-0.3, -0.25) is 4.90 Å². The van der Waals surface area contributed by atoms with Crippen LogP contribution in [-0.4, -0.2) is 32.8 Å². The molecule has 0 spiro atoms. The number of aryl methyl sites for hydroxylation is 3. The van der Waals surface area contributed by atoms with E-state index in [1.165, 1.54) is 42.5 Å². The van der Waals surface area contributed by atoms with E-state index in [1.807, 2.05) is 13.1 Å². The third kappa shape index (κ3) is 4.20. The summed E-state index contributed by atoms with van der Waals surface area (Å²) in [5, 5.41) is 8.56. The topological polar surface area (TPSA) is 47.1 Å². The van der Waals surface area contributed by atoms with Crippen LogP contribution in [0.15, 0.2) is 40.8 Å². The summed E-state index contributed by atoms with van der Waals surface area (Å²) in [6.45, 7) is 7.27. The van der Waals surface area contributed by atoms with Gasteiger partial charge in [-0.1, -0.05) is 24.3 Å². The molecule has 0 N–H and O–H groups in total. The predicted octanol–water partition coefficient (Wildman–Crippen LogP) is 4.54. The van der Waals surface area contributed by atoms with Crippen LogP contribution in [0, 0.1) is 19.8 Å². The molecule has 0 bridgehead atoms. The van der Waals surface area contributed by atoms with Gasteiger partial charge < -0.3 is 8.98 Å². The van der Waals surface area contributed by atoms with Crippen LogP contribution in [0.3, 0.4) is 0 Å². The fourth-order valence-corrected chi connectivity index (χ4v) is 4.22. The Morgan fingerprint density at radius 3 is 2.75 bits per heavy atom. The van der Waals surface area contributed by atoms with Crippen LogP contribution in [0.1, 0.15) is 42.0 Å². The molecule has 1 atom stereocenters. The summed E-state index contributed by atoms with van der Waals surface area (Å²) in [4.78, 5) is 2.47. The number of hydrogen-bond acceptors (Lipinski definition) is 4. The van der Waals surface area contributed by atoms with Crippen LogP contribution in [0.25, 0.3) is 11.6 Å². The molecule has 3 aromatic rings. The van der Waals surface area contributed by atoms with Gasteiger partial charge in [-0.15, -0.1) is 10.2 Å². The number of likely N-dealkylation sites (tertiary alicyclic amines) is 1. The maximum absolute atomic E-state index is 5.96. The van der Waals surface area contributed by atoms with Gasteiger partial charge >= 0.3 is 0 Å². The molecule has 1 fully saturated rings. The molecule has 0 saturated carbocycles. The second kappa shape index (κ2) is 8.31. The van der Waals surface area contributed by atoms with Crippen LogP contribution < -0.4 is 0 Å². The lowest BCUT2D eigenvalue weighted by Gasteiger charge is -2.31. The Morgan fingerprint density at radius 1 is 1.11 bits per heavy atom. The maximum atomic E-state index is 5.96. The van der Waals surface area contributed by atoms with Gasteiger partial charge in [0.05, 0.1) is 6.54 Å². The molecular weight excluding hydrogens is 348 g/mol. The minimum Gasteiger partial charge on any atom is -0.418 e. The normalized spacial score (nSPS) is 17.9. The number of piperidine rings is 1. The highest BCUT2D eigenvalue weighted by molar-refractivity contribution is 5.48. The van der Waals surface area contributed by atoms with E-state index in [4.69, 9.17) is 4.42 Å². The monoisotopic (exact) mass is 378 g/mol. The first-order valence-electron chi connectivity index (χ1n) is 10.3. The van der Waals surface area contributed by atoms with Gasteiger partial charge in [-0.05, 0) is 75.3 Å². The molecule has 5 heteroatoms. The average molecular weight is 379 g/mol. The lowest BCUT2D eigenvalue weighted by Crippen LogP contribution is -2.35. The number of benzene rings is 1. The van der Waals surface area contributed by atoms with E-state index in [0.29, 0.717) is 11.8 Å². The van der Waals surface area contributed by atoms with Crippen molar-refractivity contribution in [2.45, 2.75) is 46.1 Å². The Balaban J connectivity index is 1.34. The highest BCUT2D eigenvalue weighted by Crippen LogP contribution is 2.25. The molecule has 1 aliphatic heterocycles. The van der Waals surface area contributed by atoms with Crippen molar-refractivity contribution < 1.29 is 4.42 Å². The molecule has 0 aliphatic carbocycles. The third-order valence-electron chi connectivity index (χ3n) is 6.10. The fraction of sp³-hybridized carbons (Fsp3) is 0.478. The van der Waals surface area contributed by atoms with Crippen molar-refractivity contribution in [1.82, 2.24) is 19.7 Å². The quantitative estimate of drug-likeness (QED) is 0.632. The molecule has 1 aliphatic rings. The van der Waals surface area contributed by atoms with Gasteiger partial charge in [0.25, 0.3) is 5.89 Å². The Hall–Kier alpha value is -2.40. The largest absolute Gasteiger partial charge is 0.418 e. The van der Waals surface area contributed by atoms with Crippen molar-refractivity contribution in [2.24, 2.45) is 13.0 Å². The highest BCUT2D eigenvalue weighted by atomic mass is 16.4. The summed E-state index contributed by atoms with van der Waals surface area (Å²) in [5.41, 5.74) is 5.05. The van der Waals surface area contributed by atoms with Crippen molar-refractivity contribution in [2.75, 3.05) is 13.1 Å². The lowest BCUT2D eigenvalue weighted by molar-refractivity contribution is 0.150. The molecule has 4 rings (SSSR count). The van der Waals surface area contributed by atoms with E-state index in [9.17, 15) is 0 Å². The number of aromatic nitrogens is 3. The van der Waals surface area contributed by atoms with Gasteiger partial charge in [0, 0.05) is 19.3 Å². The van der Waals surface area contributed by atoms with Crippen LogP contribution >= 0.6 is 0 Å². The zero-order chi connectivity index (χ0) is 19.5. The summed E-state index contributed by atoms with van der Waals surface area (Å²) in [6.07, 6.45) is 4.98. The first-order chi connectivity index (χ1) is 13.6. The molecule has 2 aromatic heterocycles. The van der Waals surface area contributed by atoms with Gasteiger partial charge in [-0.2, -0.15) is 0 Å². The van der Waals surface area contributed by atoms with Crippen LogP contribution in [0.5, 0.6) is 0 Å². The standard InChI is InChI=1S/C23H30N4O/c1-17-7-4-5-9-20(17)12-11-19-8-6-14-27(15-19)16-22-24-25-23(28-22)21-13-10-18(2)26(21)3/h4-5,7,9-10,13,19H,6,8,11-12,14-16H2,1-3H3/t19-/m1/s1. The smallest absolute Gasteiger partial charge is 0.264 e. The summed E-state index contributed by atoms with van der Waals surface area (Å²) < 4.78 is 8.05. The maximum Gasteiger partial charge on any atom is 0.264 e. The second-order valence-corrected chi connectivity index (χ2v) is 8.13. The van der Waals surface area contributed by atoms with E-state index < -0.39 is 0 Å². The highest BCUT2D eigenvalue weighted by Gasteiger charge is 2.22. The molecule has 0 unspecified atom stereocenters. The van der Waals surface area contributed by atoms with Crippen LogP contribution in [0.4, 0.5) is 0 Å². The Labute approximate surface area is 167 Å². The molecule has 3 heterocycles. The lowest BCUT2D eigenvalue weighted by atomic mass is 9.90. The molecule has 0 radical (unpaired) electrons. The van der Waals surface area contributed by atoms with Crippen LogP contribution in [-0.2, 0) is 20.0 Å². The molecule has 148 valence electrons. The summed E-state index contributed by atoms with van der Waals surface area (Å²) in [5.74, 6) is 2.07. The van der Waals surface area contributed by atoms with Crippen molar-refractivity contribution >= 4 is 0 Å². The first kappa shape index (κ1) is 18.9. The predicted molar refractivity (Wildman–Crippen MR) is 111 cm³/mol. The molecule has 1 saturated heterocycles. The Morgan fingerprint density at radius 2 is 1.96 bits per heavy atom. The summed E-state index contributed by atoms with van der Waals surface area (Å²) >= 11 is 0.